The van der Waals surface area contributed by atoms with Crippen molar-refractivity contribution in [1.82, 2.24) is 4.90 Å². The number of hydrogen-bond acceptors (Lipinski definition) is 3. The Morgan fingerprint density at radius 1 is 1.15 bits per heavy atom. The Bertz CT molecular complexity index is 472. The van der Waals surface area contributed by atoms with E-state index in [1.165, 1.54) is 6.42 Å². The largest absolute Gasteiger partial charge is 0.493 e. The SMILES string of the molecule is COc1ccccc1OCC(=O)N1C2CCCC1CC2. The van der Waals surface area contributed by atoms with Crippen molar-refractivity contribution < 1.29 is 14.3 Å². The van der Waals surface area contributed by atoms with E-state index in [0.717, 1.165) is 25.7 Å². The number of methoxy groups -OCH3 is 1. The lowest BCUT2D eigenvalue weighted by atomic mass is 10.0. The second-order valence-corrected chi connectivity index (χ2v) is 5.56. The van der Waals surface area contributed by atoms with Gasteiger partial charge in [-0.05, 0) is 44.2 Å². The van der Waals surface area contributed by atoms with E-state index in [1.54, 1.807) is 7.11 Å². The summed E-state index contributed by atoms with van der Waals surface area (Å²) in [7, 11) is 1.61. The molecule has 2 atom stereocenters. The third-order valence-electron chi connectivity index (χ3n) is 4.40. The normalized spacial score (nSPS) is 24.6. The summed E-state index contributed by atoms with van der Waals surface area (Å²) in [6.07, 6.45) is 5.87. The van der Waals surface area contributed by atoms with E-state index < -0.39 is 0 Å². The number of carbonyl (C=O) groups is 1. The number of amides is 1. The first-order valence-corrected chi connectivity index (χ1v) is 7.36. The Labute approximate surface area is 119 Å². The molecule has 2 unspecified atom stereocenters. The summed E-state index contributed by atoms with van der Waals surface area (Å²) in [4.78, 5) is 14.5. The highest BCUT2D eigenvalue weighted by Crippen LogP contribution is 2.35. The van der Waals surface area contributed by atoms with Crippen LogP contribution in [-0.2, 0) is 4.79 Å². The van der Waals surface area contributed by atoms with Gasteiger partial charge in [0.15, 0.2) is 18.1 Å². The van der Waals surface area contributed by atoms with Gasteiger partial charge in [-0.15, -0.1) is 0 Å². The van der Waals surface area contributed by atoms with Crippen LogP contribution in [0.15, 0.2) is 24.3 Å². The van der Waals surface area contributed by atoms with Gasteiger partial charge >= 0.3 is 0 Å². The van der Waals surface area contributed by atoms with Crippen LogP contribution in [0.1, 0.15) is 32.1 Å². The highest BCUT2D eigenvalue weighted by atomic mass is 16.5. The molecule has 1 aromatic carbocycles. The van der Waals surface area contributed by atoms with E-state index in [9.17, 15) is 4.79 Å². The van der Waals surface area contributed by atoms with Crippen LogP contribution < -0.4 is 9.47 Å². The van der Waals surface area contributed by atoms with Crippen molar-refractivity contribution in [2.24, 2.45) is 0 Å². The zero-order valence-corrected chi connectivity index (χ0v) is 11.9. The van der Waals surface area contributed by atoms with Crippen molar-refractivity contribution >= 4 is 5.91 Å². The fraction of sp³-hybridized carbons (Fsp3) is 0.562. The van der Waals surface area contributed by atoms with Crippen molar-refractivity contribution in [3.63, 3.8) is 0 Å². The number of hydrogen-bond donors (Lipinski definition) is 0. The molecule has 4 nitrogen and oxygen atoms in total. The van der Waals surface area contributed by atoms with Crippen molar-refractivity contribution in [3.8, 4) is 11.5 Å². The maximum absolute atomic E-state index is 12.4. The van der Waals surface area contributed by atoms with Gasteiger partial charge < -0.3 is 14.4 Å². The predicted molar refractivity (Wildman–Crippen MR) is 76.0 cm³/mol. The third-order valence-corrected chi connectivity index (χ3v) is 4.40. The Hall–Kier alpha value is -1.71. The van der Waals surface area contributed by atoms with Crippen LogP contribution in [0.5, 0.6) is 11.5 Å². The smallest absolute Gasteiger partial charge is 0.261 e. The number of nitrogens with zero attached hydrogens (tertiary/aromatic N) is 1. The van der Waals surface area contributed by atoms with Gasteiger partial charge in [-0.1, -0.05) is 12.1 Å². The van der Waals surface area contributed by atoms with Crippen LogP contribution in [0.25, 0.3) is 0 Å². The summed E-state index contributed by atoms with van der Waals surface area (Å²) in [5.41, 5.74) is 0. The molecule has 2 fully saturated rings. The van der Waals surface area contributed by atoms with E-state index in [-0.39, 0.29) is 12.5 Å². The molecule has 2 saturated heterocycles. The van der Waals surface area contributed by atoms with Gasteiger partial charge in [0.2, 0.25) is 0 Å². The minimum Gasteiger partial charge on any atom is -0.493 e. The lowest BCUT2D eigenvalue weighted by Crippen LogP contribution is -2.46. The van der Waals surface area contributed by atoms with Gasteiger partial charge in [0.25, 0.3) is 5.91 Å². The quantitative estimate of drug-likeness (QED) is 0.848. The van der Waals surface area contributed by atoms with E-state index in [0.29, 0.717) is 23.6 Å². The molecule has 2 heterocycles. The molecule has 0 aliphatic carbocycles. The van der Waals surface area contributed by atoms with Crippen LogP contribution in [0.3, 0.4) is 0 Å². The number of carbonyl (C=O) groups excluding carboxylic acids is 1. The summed E-state index contributed by atoms with van der Waals surface area (Å²) in [6.45, 7) is 0.105. The van der Waals surface area contributed by atoms with Crippen molar-refractivity contribution in [1.29, 1.82) is 0 Å². The first-order chi connectivity index (χ1) is 9.79. The fourth-order valence-corrected chi connectivity index (χ4v) is 3.48. The zero-order chi connectivity index (χ0) is 13.9. The number of para-hydroxylation sites is 2. The van der Waals surface area contributed by atoms with Gasteiger partial charge in [0.05, 0.1) is 7.11 Å². The standard InChI is InChI=1S/C16H21NO3/c1-19-14-7-2-3-8-15(14)20-11-16(18)17-12-5-4-6-13(17)10-9-12/h2-3,7-8,12-13H,4-6,9-11H2,1H3. The summed E-state index contributed by atoms with van der Waals surface area (Å²) < 4.78 is 10.9. The third kappa shape index (κ3) is 2.47. The molecule has 108 valence electrons. The predicted octanol–water partition coefficient (Wildman–Crippen LogP) is 2.62. The Balaban J connectivity index is 1.62. The molecule has 3 rings (SSSR count). The molecule has 20 heavy (non-hydrogen) atoms. The summed E-state index contributed by atoms with van der Waals surface area (Å²) in [5.74, 6) is 1.41. The molecular formula is C16H21NO3. The van der Waals surface area contributed by atoms with Crippen LogP contribution >= 0.6 is 0 Å². The minimum atomic E-state index is 0.105. The van der Waals surface area contributed by atoms with Gasteiger partial charge in [-0.25, -0.2) is 0 Å². The molecule has 0 saturated carbocycles. The minimum absolute atomic E-state index is 0.105. The lowest BCUT2D eigenvalue weighted by molar-refractivity contribution is -0.137. The number of piperidine rings is 1. The first kappa shape index (κ1) is 13.3. The van der Waals surface area contributed by atoms with Crippen molar-refractivity contribution in [3.05, 3.63) is 24.3 Å². The molecule has 4 heteroatoms. The van der Waals surface area contributed by atoms with Gasteiger partial charge in [0, 0.05) is 12.1 Å². The molecule has 0 spiro atoms. The first-order valence-electron chi connectivity index (χ1n) is 7.36. The Kier molecular flexibility index (Phi) is 3.81. The monoisotopic (exact) mass is 275 g/mol. The summed E-state index contributed by atoms with van der Waals surface area (Å²) >= 11 is 0. The second-order valence-electron chi connectivity index (χ2n) is 5.56. The summed E-state index contributed by atoms with van der Waals surface area (Å²) in [5, 5.41) is 0. The van der Waals surface area contributed by atoms with E-state index in [4.69, 9.17) is 9.47 Å². The van der Waals surface area contributed by atoms with Crippen LogP contribution in [0.4, 0.5) is 0 Å². The highest BCUT2D eigenvalue weighted by Gasteiger charge is 2.39. The molecule has 1 aromatic rings. The Morgan fingerprint density at radius 3 is 2.45 bits per heavy atom. The second kappa shape index (κ2) is 5.73. The molecule has 2 aliphatic heterocycles. The molecule has 2 aliphatic rings. The maximum atomic E-state index is 12.4. The topological polar surface area (TPSA) is 38.8 Å². The van der Waals surface area contributed by atoms with Crippen LogP contribution in [0, 0.1) is 0 Å². The molecular weight excluding hydrogens is 254 g/mol. The van der Waals surface area contributed by atoms with Crippen LogP contribution in [-0.4, -0.2) is 36.6 Å². The van der Waals surface area contributed by atoms with E-state index in [2.05, 4.69) is 4.90 Å². The van der Waals surface area contributed by atoms with Gasteiger partial charge in [0.1, 0.15) is 0 Å². The Morgan fingerprint density at radius 2 is 1.80 bits per heavy atom. The lowest BCUT2D eigenvalue weighted by Gasteiger charge is -2.34. The molecule has 2 bridgehead atoms. The molecule has 0 radical (unpaired) electrons. The van der Waals surface area contributed by atoms with Crippen molar-refractivity contribution in [2.45, 2.75) is 44.2 Å². The molecule has 0 aromatic heterocycles. The number of benzene rings is 1. The number of fused-ring (bicyclic) bond motifs is 2. The van der Waals surface area contributed by atoms with Crippen molar-refractivity contribution in [2.75, 3.05) is 13.7 Å². The molecule has 1 amide bonds. The fourth-order valence-electron chi connectivity index (χ4n) is 3.48. The van der Waals surface area contributed by atoms with E-state index in [1.807, 2.05) is 24.3 Å². The summed E-state index contributed by atoms with van der Waals surface area (Å²) in [6, 6.07) is 8.33. The average Bonchev–Trinajstić information content (AvgIpc) is 2.74. The highest BCUT2D eigenvalue weighted by molar-refractivity contribution is 5.79. The average molecular weight is 275 g/mol. The van der Waals surface area contributed by atoms with E-state index >= 15 is 0 Å². The number of rotatable bonds is 4. The maximum Gasteiger partial charge on any atom is 0.261 e. The van der Waals surface area contributed by atoms with Crippen LogP contribution in [0.2, 0.25) is 0 Å². The van der Waals surface area contributed by atoms with Gasteiger partial charge in [-0.2, -0.15) is 0 Å². The molecule has 0 N–H and O–H groups in total. The zero-order valence-electron chi connectivity index (χ0n) is 11.9. The van der Waals surface area contributed by atoms with Gasteiger partial charge in [-0.3, -0.25) is 4.79 Å². The number of ether oxygens (including phenoxy) is 2.